The van der Waals surface area contributed by atoms with Crippen molar-refractivity contribution in [2.75, 3.05) is 5.43 Å². The van der Waals surface area contributed by atoms with Gasteiger partial charge in [0.1, 0.15) is 5.69 Å². The van der Waals surface area contributed by atoms with Gasteiger partial charge >= 0.3 is 5.69 Å². The second-order valence-corrected chi connectivity index (χ2v) is 5.97. The summed E-state index contributed by atoms with van der Waals surface area (Å²) in [6, 6.07) is 3.24. The van der Waals surface area contributed by atoms with Crippen molar-refractivity contribution >= 4 is 23.0 Å². The summed E-state index contributed by atoms with van der Waals surface area (Å²) in [4.78, 5) is 32.4. The number of rotatable bonds is 5. The molecule has 2 atom stereocenters. The van der Waals surface area contributed by atoms with Gasteiger partial charge in [0, 0.05) is 12.0 Å². The minimum atomic E-state index is -0.724. The summed E-state index contributed by atoms with van der Waals surface area (Å²) < 4.78 is 0. The molecule has 0 saturated heterocycles. The van der Waals surface area contributed by atoms with Crippen LogP contribution in [0.4, 0.5) is 17.1 Å². The number of fused-ring (bicyclic) bond motifs is 1. The molecule has 23 heavy (non-hydrogen) atoms. The van der Waals surface area contributed by atoms with Gasteiger partial charge in [-0.2, -0.15) is 0 Å². The Kier molecular flexibility index (Phi) is 3.85. The highest BCUT2D eigenvalue weighted by molar-refractivity contribution is 5.84. The molecule has 122 valence electrons. The van der Waals surface area contributed by atoms with E-state index in [1.54, 1.807) is 0 Å². The number of hydrazine groups is 1. The molecule has 2 N–H and O–H groups in total. The third kappa shape index (κ3) is 2.94. The normalized spacial score (nSPS) is 25.1. The van der Waals surface area contributed by atoms with Gasteiger partial charge in [-0.1, -0.05) is 12.8 Å². The fourth-order valence-electron chi connectivity index (χ4n) is 3.48. The van der Waals surface area contributed by atoms with E-state index in [1.165, 1.54) is 6.07 Å². The quantitative estimate of drug-likeness (QED) is 0.633. The first-order valence-electron chi connectivity index (χ1n) is 7.47. The highest BCUT2D eigenvalue weighted by Crippen LogP contribution is 2.55. The molecule has 0 radical (unpaired) electrons. The van der Waals surface area contributed by atoms with Crippen molar-refractivity contribution in [3.05, 3.63) is 38.4 Å². The molecule has 2 aliphatic rings. The summed E-state index contributed by atoms with van der Waals surface area (Å²) in [5.74, 6) is 0.659. The van der Waals surface area contributed by atoms with E-state index in [-0.39, 0.29) is 23.2 Å². The first kappa shape index (κ1) is 15.2. The van der Waals surface area contributed by atoms with Crippen LogP contribution in [0.5, 0.6) is 0 Å². The molecule has 9 heteroatoms. The number of benzene rings is 1. The van der Waals surface area contributed by atoms with Crippen molar-refractivity contribution in [1.82, 2.24) is 5.43 Å². The molecular formula is C14H16N4O5. The fourth-order valence-corrected chi connectivity index (χ4v) is 3.48. The van der Waals surface area contributed by atoms with Crippen LogP contribution in [-0.4, -0.2) is 15.8 Å². The van der Waals surface area contributed by atoms with E-state index >= 15 is 0 Å². The van der Waals surface area contributed by atoms with E-state index in [1.807, 2.05) is 0 Å². The lowest BCUT2D eigenvalue weighted by atomic mass is 10.0. The first-order chi connectivity index (χ1) is 11.0. The number of hydrogen-bond donors (Lipinski definition) is 2. The van der Waals surface area contributed by atoms with Crippen molar-refractivity contribution in [2.24, 2.45) is 17.8 Å². The Balaban J connectivity index is 1.67. The predicted octanol–water partition coefficient (Wildman–Crippen LogP) is 2.38. The number of anilines is 1. The lowest BCUT2D eigenvalue weighted by molar-refractivity contribution is -0.393. The summed E-state index contributed by atoms with van der Waals surface area (Å²) in [7, 11) is 0. The van der Waals surface area contributed by atoms with Gasteiger partial charge in [-0.3, -0.25) is 35.9 Å². The monoisotopic (exact) mass is 320 g/mol. The summed E-state index contributed by atoms with van der Waals surface area (Å²) in [6.07, 6.45) is 4.40. The van der Waals surface area contributed by atoms with Crippen LogP contribution in [0.25, 0.3) is 0 Å². The van der Waals surface area contributed by atoms with Gasteiger partial charge in [-0.25, -0.2) is 0 Å². The topological polar surface area (TPSA) is 127 Å². The van der Waals surface area contributed by atoms with Crippen molar-refractivity contribution in [1.29, 1.82) is 0 Å². The SMILES string of the molecule is O=C(NNc1ccc([N+](=O)[O-])cc1[N+](=O)[O-])C1[C@H]2CCCC[C@H]12. The Morgan fingerprint density at radius 3 is 2.30 bits per heavy atom. The molecule has 0 heterocycles. The average Bonchev–Trinajstić information content (AvgIpc) is 3.26. The Labute approximate surface area is 131 Å². The number of nitro groups is 2. The maximum absolute atomic E-state index is 12.1. The van der Waals surface area contributed by atoms with Crippen molar-refractivity contribution < 1.29 is 14.6 Å². The van der Waals surface area contributed by atoms with E-state index in [2.05, 4.69) is 10.9 Å². The molecule has 0 aliphatic heterocycles. The summed E-state index contributed by atoms with van der Waals surface area (Å²) in [5, 5.41) is 21.7. The molecule has 2 fully saturated rings. The number of non-ortho nitro benzene ring substituents is 1. The molecule has 2 aliphatic carbocycles. The number of carbonyl (C=O) groups excluding carboxylic acids is 1. The molecule has 9 nitrogen and oxygen atoms in total. The van der Waals surface area contributed by atoms with Gasteiger partial charge in [0.25, 0.3) is 5.69 Å². The van der Waals surface area contributed by atoms with Crippen LogP contribution in [0, 0.1) is 38.0 Å². The van der Waals surface area contributed by atoms with Crippen LogP contribution in [0.1, 0.15) is 25.7 Å². The van der Waals surface area contributed by atoms with E-state index < -0.39 is 15.5 Å². The van der Waals surface area contributed by atoms with Gasteiger partial charge in [-0.15, -0.1) is 0 Å². The highest BCUT2D eigenvalue weighted by atomic mass is 16.6. The number of hydrogen-bond acceptors (Lipinski definition) is 6. The Morgan fingerprint density at radius 1 is 1.09 bits per heavy atom. The largest absolute Gasteiger partial charge is 0.300 e. The molecule has 2 saturated carbocycles. The summed E-state index contributed by atoms with van der Waals surface area (Å²) >= 11 is 0. The summed E-state index contributed by atoms with van der Waals surface area (Å²) in [5.41, 5.74) is 4.23. The first-order valence-corrected chi connectivity index (χ1v) is 7.47. The molecule has 0 unspecified atom stereocenters. The van der Waals surface area contributed by atoms with E-state index in [9.17, 15) is 25.0 Å². The third-order valence-electron chi connectivity index (χ3n) is 4.67. The molecule has 0 aromatic heterocycles. The van der Waals surface area contributed by atoms with Crippen LogP contribution in [0.2, 0.25) is 0 Å². The zero-order chi connectivity index (χ0) is 16.6. The maximum Gasteiger partial charge on any atom is 0.300 e. The Bertz CT molecular complexity index is 665. The zero-order valence-electron chi connectivity index (χ0n) is 12.2. The van der Waals surface area contributed by atoms with Gasteiger partial charge < -0.3 is 0 Å². The predicted molar refractivity (Wildman–Crippen MR) is 80.5 cm³/mol. The fraction of sp³-hybridized carbons (Fsp3) is 0.500. The molecule has 0 spiro atoms. The van der Waals surface area contributed by atoms with Crippen molar-refractivity contribution in [2.45, 2.75) is 25.7 Å². The van der Waals surface area contributed by atoms with Crippen LogP contribution >= 0.6 is 0 Å². The lowest BCUT2D eigenvalue weighted by Crippen LogP contribution is -2.31. The maximum atomic E-state index is 12.1. The number of carbonyl (C=O) groups is 1. The zero-order valence-corrected chi connectivity index (χ0v) is 12.2. The van der Waals surface area contributed by atoms with Crippen LogP contribution < -0.4 is 10.9 Å². The Morgan fingerprint density at radius 2 is 1.74 bits per heavy atom. The van der Waals surface area contributed by atoms with E-state index in [0.717, 1.165) is 37.8 Å². The molecular weight excluding hydrogens is 304 g/mol. The van der Waals surface area contributed by atoms with E-state index in [4.69, 9.17) is 0 Å². The van der Waals surface area contributed by atoms with Crippen LogP contribution in [0.15, 0.2) is 18.2 Å². The Hall–Kier alpha value is -2.71. The average molecular weight is 320 g/mol. The molecule has 1 amide bonds. The number of amides is 1. The number of nitrogens with zero attached hydrogens (tertiary/aromatic N) is 2. The van der Waals surface area contributed by atoms with Gasteiger partial charge in [0.2, 0.25) is 5.91 Å². The molecule has 1 aromatic carbocycles. The minimum Gasteiger partial charge on any atom is -0.292 e. The standard InChI is InChI=1S/C14H16N4O5/c19-14(13-9-3-1-2-4-10(9)13)16-15-11-6-5-8(17(20)21)7-12(11)18(22)23/h5-7,9-10,13,15H,1-4H2,(H,16,19)/t9-,10-/m0/s1. The van der Waals surface area contributed by atoms with Crippen LogP contribution in [0.3, 0.4) is 0 Å². The highest BCUT2D eigenvalue weighted by Gasteiger charge is 2.54. The van der Waals surface area contributed by atoms with E-state index in [0.29, 0.717) is 11.8 Å². The second-order valence-electron chi connectivity index (χ2n) is 5.97. The second kappa shape index (κ2) is 5.82. The molecule has 0 bridgehead atoms. The molecule has 1 aromatic rings. The van der Waals surface area contributed by atoms with Gasteiger partial charge in [0.05, 0.1) is 15.9 Å². The van der Waals surface area contributed by atoms with Crippen molar-refractivity contribution in [3.8, 4) is 0 Å². The molecule has 3 rings (SSSR count). The number of nitrogens with one attached hydrogen (secondary N) is 2. The smallest absolute Gasteiger partial charge is 0.292 e. The summed E-state index contributed by atoms with van der Waals surface area (Å²) in [6.45, 7) is 0. The van der Waals surface area contributed by atoms with Crippen molar-refractivity contribution in [3.63, 3.8) is 0 Å². The van der Waals surface area contributed by atoms with Gasteiger partial charge in [0.15, 0.2) is 0 Å². The minimum absolute atomic E-state index is 0.0255. The van der Waals surface area contributed by atoms with Crippen LogP contribution in [-0.2, 0) is 4.79 Å². The number of nitro benzene ring substituents is 2. The third-order valence-corrected chi connectivity index (χ3v) is 4.67. The lowest BCUT2D eigenvalue weighted by Gasteiger charge is -2.08. The van der Waals surface area contributed by atoms with Gasteiger partial charge in [-0.05, 0) is 30.7 Å².